The zero-order valence-corrected chi connectivity index (χ0v) is 12.9. The van der Waals surface area contributed by atoms with Gasteiger partial charge in [-0.15, -0.1) is 0 Å². The quantitative estimate of drug-likeness (QED) is 0.899. The van der Waals surface area contributed by atoms with Gasteiger partial charge >= 0.3 is 0 Å². The lowest BCUT2D eigenvalue weighted by atomic mass is 10.1. The van der Waals surface area contributed by atoms with E-state index in [0.29, 0.717) is 19.8 Å². The first-order valence-electron chi connectivity index (χ1n) is 6.40. The van der Waals surface area contributed by atoms with E-state index in [-0.39, 0.29) is 11.7 Å². The van der Waals surface area contributed by atoms with E-state index in [2.05, 4.69) is 28.2 Å². The number of halogens is 1. The normalized spacial score (nSPS) is 27.2. The minimum absolute atomic E-state index is 0.0317. The van der Waals surface area contributed by atoms with E-state index in [4.69, 9.17) is 14.2 Å². The van der Waals surface area contributed by atoms with E-state index >= 15 is 0 Å². The summed E-state index contributed by atoms with van der Waals surface area (Å²) in [5.74, 6) is 0.840. The molecule has 106 valence electrons. The largest absolute Gasteiger partial charge is 0.491 e. The number of hydrogen-bond donors (Lipinski definition) is 1. The van der Waals surface area contributed by atoms with E-state index in [1.807, 2.05) is 31.3 Å². The number of likely N-dealkylation sites (N-methyl/N-ethyl adjacent to an activating group) is 1. The van der Waals surface area contributed by atoms with Gasteiger partial charge < -0.3 is 19.5 Å². The van der Waals surface area contributed by atoms with Crippen molar-refractivity contribution in [3.05, 3.63) is 28.7 Å². The van der Waals surface area contributed by atoms with Crippen LogP contribution in [0.3, 0.4) is 0 Å². The average Bonchev–Trinajstić information content (AvgIpc) is 2.38. The Morgan fingerprint density at radius 1 is 1.42 bits per heavy atom. The molecule has 1 N–H and O–H groups in total. The van der Waals surface area contributed by atoms with E-state index in [1.54, 1.807) is 0 Å². The predicted molar refractivity (Wildman–Crippen MR) is 77.7 cm³/mol. The number of nitrogens with one attached hydrogen (secondary N) is 1. The molecule has 0 aromatic heterocycles. The second-order valence-electron chi connectivity index (χ2n) is 5.00. The second-order valence-corrected chi connectivity index (χ2v) is 5.92. The van der Waals surface area contributed by atoms with Gasteiger partial charge in [-0.05, 0) is 38.2 Å². The molecule has 0 saturated carbocycles. The van der Waals surface area contributed by atoms with Crippen molar-refractivity contribution in [3.8, 4) is 5.75 Å². The van der Waals surface area contributed by atoms with E-state index in [0.717, 1.165) is 16.8 Å². The van der Waals surface area contributed by atoms with Gasteiger partial charge in [0.15, 0.2) is 0 Å². The van der Waals surface area contributed by atoms with Gasteiger partial charge in [-0.3, -0.25) is 0 Å². The highest BCUT2D eigenvalue weighted by atomic mass is 79.9. The second kappa shape index (κ2) is 6.70. The Bertz CT molecular complexity index is 394. The fourth-order valence-electron chi connectivity index (χ4n) is 2.15. The average molecular weight is 330 g/mol. The topological polar surface area (TPSA) is 39.7 Å². The summed E-state index contributed by atoms with van der Waals surface area (Å²) in [6, 6.07) is 7.78. The molecule has 19 heavy (non-hydrogen) atoms. The van der Waals surface area contributed by atoms with Crippen LogP contribution in [0.1, 0.15) is 6.92 Å². The first-order valence-corrected chi connectivity index (χ1v) is 7.19. The molecule has 0 amide bonds. The smallest absolute Gasteiger partial charge is 0.119 e. The third-order valence-electron chi connectivity index (χ3n) is 2.96. The van der Waals surface area contributed by atoms with Gasteiger partial charge in [0.05, 0.1) is 13.2 Å². The Hall–Kier alpha value is -0.620. The molecule has 1 aliphatic rings. The van der Waals surface area contributed by atoms with E-state index < -0.39 is 0 Å². The van der Waals surface area contributed by atoms with Gasteiger partial charge in [-0.1, -0.05) is 15.9 Å². The molecule has 0 radical (unpaired) electrons. The van der Waals surface area contributed by atoms with Crippen LogP contribution >= 0.6 is 15.9 Å². The van der Waals surface area contributed by atoms with Crippen molar-refractivity contribution in [2.75, 3.05) is 33.4 Å². The summed E-state index contributed by atoms with van der Waals surface area (Å²) in [4.78, 5) is 0. The predicted octanol–water partition coefficient (Wildman–Crippen LogP) is 2.22. The molecule has 1 saturated heterocycles. The van der Waals surface area contributed by atoms with Crippen molar-refractivity contribution in [2.45, 2.75) is 18.6 Å². The maximum absolute atomic E-state index is 6.04. The Morgan fingerprint density at radius 2 is 2.16 bits per heavy atom. The SMILES string of the molecule is CNC[C@@]1(C)COC[C@@H](COc2ccc(Br)cc2)O1. The molecule has 1 aliphatic heterocycles. The molecular weight excluding hydrogens is 310 g/mol. The highest BCUT2D eigenvalue weighted by Crippen LogP contribution is 2.21. The molecule has 0 spiro atoms. The van der Waals surface area contributed by atoms with Gasteiger partial charge in [0.2, 0.25) is 0 Å². The summed E-state index contributed by atoms with van der Waals surface area (Å²) in [7, 11) is 1.91. The van der Waals surface area contributed by atoms with Crippen molar-refractivity contribution in [1.82, 2.24) is 5.32 Å². The Balaban J connectivity index is 1.84. The molecule has 0 bridgehead atoms. The first-order chi connectivity index (χ1) is 9.11. The van der Waals surface area contributed by atoms with Gasteiger partial charge in [0.1, 0.15) is 24.1 Å². The summed E-state index contributed by atoms with van der Waals surface area (Å²) >= 11 is 3.40. The van der Waals surface area contributed by atoms with E-state index in [1.165, 1.54) is 0 Å². The summed E-state index contributed by atoms with van der Waals surface area (Å²) in [5, 5.41) is 3.13. The summed E-state index contributed by atoms with van der Waals surface area (Å²) < 4.78 is 18.4. The van der Waals surface area contributed by atoms with Crippen LogP contribution in [0.5, 0.6) is 5.75 Å². The number of rotatable bonds is 5. The van der Waals surface area contributed by atoms with Crippen molar-refractivity contribution < 1.29 is 14.2 Å². The molecule has 5 heteroatoms. The van der Waals surface area contributed by atoms with Crippen LogP contribution in [-0.2, 0) is 9.47 Å². The Morgan fingerprint density at radius 3 is 2.84 bits per heavy atom. The molecule has 2 rings (SSSR count). The molecule has 0 unspecified atom stereocenters. The fraction of sp³-hybridized carbons (Fsp3) is 0.571. The summed E-state index contributed by atoms with van der Waals surface area (Å²) in [6.07, 6.45) is -0.0317. The minimum Gasteiger partial charge on any atom is -0.491 e. The molecule has 1 fully saturated rings. The number of hydrogen-bond acceptors (Lipinski definition) is 4. The number of ether oxygens (including phenoxy) is 3. The van der Waals surface area contributed by atoms with E-state index in [9.17, 15) is 0 Å². The standard InChI is InChI=1S/C14H20BrNO3/c1-14(9-16-2)10-17-7-13(19-14)8-18-12-5-3-11(15)4-6-12/h3-6,13,16H,7-10H2,1-2H3/t13-,14-/m0/s1. The third-order valence-corrected chi connectivity index (χ3v) is 3.49. The van der Waals surface area contributed by atoms with Crippen molar-refractivity contribution in [3.63, 3.8) is 0 Å². The summed E-state index contributed by atoms with van der Waals surface area (Å²) in [6.45, 7) is 4.51. The highest BCUT2D eigenvalue weighted by Gasteiger charge is 2.33. The maximum Gasteiger partial charge on any atom is 0.119 e. The van der Waals surface area contributed by atoms with Gasteiger partial charge in [-0.25, -0.2) is 0 Å². The van der Waals surface area contributed by atoms with Crippen molar-refractivity contribution in [1.29, 1.82) is 0 Å². The molecular formula is C14H20BrNO3. The summed E-state index contributed by atoms with van der Waals surface area (Å²) in [5.41, 5.74) is -0.277. The zero-order chi connectivity index (χ0) is 13.7. The third kappa shape index (κ3) is 4.45. The van der Waals surface area contributed by atoms with Crippen LogP contribution in [0.25, 0.3) is 0 Å². The van der Waals surface area contributed by atoms with Crippen LogP contribution in [0.15, 0.2) is 28.7 Å². The van der Waals surface area contributed by atoms with Crippen molar-refractivity contribution >= 4 is 15.9 Å². The van der Waals surface area contributed by atoms with Crippen LogP contribution in [0, 0.1) is 0 Å². The van der Waals surface area contributed by atoms with Crippen LogP contribution in [0.4, 0.5) is 0 Å². The highest BCUT2D eigenvalue weighted by molar-refractivity contribution is 9.10. The van der Waals surface area contributed by atoms with Gasteiger partial charge in [0.25, 0.3) is 0 Å². The lowest BCUT2D eigenvalue weighted by molar-refractivity contribution is -0.195. The monoisotopic (exact) mass is 329 g/mol. The molecule has 2 atom stereocenters. The molecule has 1 aromatic carbocycles. The number of benzene rings is 1. The molecule has 1 aromatic rings. The van der Waals surface area contributed by atoms with Crippen LogP contribution < -0.4 is 10.1 Å². The van der Waals surface area contributed by atoms with Crippen LogP contribution in [-0.4, -0.2) is 45.1 Å². The molecule has 0 aliphatic carbocycles. The minimum atomic E-state index is -0.277. The van der Waals surface area contributed by atoms with Crippen LogP contribution in [0.2, 0.25) is 0 Å². The lowest BCUT2D eigenvalue weighted by Crippen LogP contribution is -2.52. The Labute approximate surface area is 122 Å². The van der Waals surface area contributed by atoms with Gasteiger partial charge in [-0.2, -0.15) is 0 Å². The van der Waals surface area contributed by atoms with Crippen molar-refractivity contribution in [2.24, 2.45) is 0 Å². The molecule has 4 nitrogen and oxygen atoms in total. The van der Waals surface area contributed by atoms with Gasteiger partial charge in [0, 0.05) is 11.0 Å². The Kier molecular flexibility index (Phi) is 5.21. The lowest BCUT2D eigenvalue weighted by Gasteiger charge is -2.38. The fourth-order valence-corrected chi connectivity index (χ4v) is 2.41. The molecule has 1 heterocycles. The zero-order valence-electron chi connectivity index (χ0n) is 11.3. The first kappa shape index (κ1) is 14.8. The maximum atomic E-state index is 6.04.